The van der Waals surface area contributed by atoms with Crippen molar-refractivity contribution in [2.24, 2.45) is 29.6 Å². The second-order valence-corrected chi connectivity index (χ2v) is 9.74. The predicted octanol–water partition coefficient (Wildman–Crippen LogP) is 3.83. The zero-order chi connectivity index (χ0) is 20.3. The number of imide groups is 1. The molecule has 0 unspecified atom stereocenters. The van der Waals surface area contributed by atoms with Gasteiger partial charge >= 0.3 is 0 Å². The second-order valence-electron chi connectivity index (χ2n) is 9.74. The van der Waals surface area contributed by atoms with Gasteiger partial charge in [0.05, 0.1) is 11.8 Å². The molecule has 1 aromatic rings. The molecule has 1 N–H and O–H groups in total. The first-order valence-corrected chi connectivity index (χ1v) is 11.2. The third kappa shape index (κ3) is 3.01. The van der Waals surface area contributed by atoms with Crippen LogP contribution in [0.3, 0.4) is 0 Å². The van der Waals surface area contributed by atoms with Gasteiger partial charge in [-0.1, -0.05) is 17.7 Å². The number of anilines is 1. The third-order valence-corrected chi connectivity index (χ3v) is 8.03. The van der Waals surface area contributed by atoms with Crippen LogP contribution in [0.1, 0.15) is 56.1 Å². The molecule has 5 rings (SSSR count). The summed E-state index contributed by atoms with van der Waals surface area (Å²) in [6.07, 6.45) is 6.27. The predicted molar refractivity (Wildman–Crippen MR) is 110 cm³/mol. The monoisotopic (exact) mass is 394 g/mol. The molecule has 4 fully saturated rings. The Hall–Kier alpha value is -2.17. The molecule has 0 aromatic heterocycles. The van der Waals surface area contributed by atoms with Crippen molar-refractivity contribution >= 4 is 23.4 Å². The van der Waals surface area contributed by atoms with Gasteiger partial charge in [-0.3, -0.25) is 19.3 Å². The third-order valence-electron chi connectivity index (χ3n) is 8.03. The Kier molecular flexibility index (Phi) is 4.52. The van der Waals surface area contributed by atoms with Crippen LogP contribution in [0.25, 0.3) is 0 Å². The summed E-state index contributed by atoms with van der Waals surface area (Å²) < 4.78 is 0. The summed E-state index contributed by atoms with van der Waals surface area (Å²) >= 11 is 0. The Morgan fingerprint density at radius 1 is 0.931 bits per heavy atom. The number of hydrogen-bond donors (Lipinski definition) is 1. The molecule has 2 bridgehead atoms. The molecular formula is C24H30N2O3. The van der Waals surface area contributed by atoms with E-state index < -0.39 is 0 Å². The summed E-state index contributed by atoms with van der Waals surface area (Å²) in [5.74, 6) is 1.00. The van der Waals surface area contributed by atoms with E-state index in [-0.39, 0.29) is 41.5 Å². The number of hydrogen-bond acceptors (Lipinski definition) is 3. The number of rotatable bonds is 3. The summed E-state index contributed by atoms with van der Waals surface area (Å²) in [5.41, 5.74) is 3.12. The van der Waals surface area contributed by atoms with Crippen LogP contribution in [0.2, 0.25) is 0 Å². The van der Waals surface area contributed by atoms with Crippen molar-refractivity contribution in [1.29, 1.82) is 0 Å². The zero-order valence-electron chi connectivity index (χ0n) is 17.3. The van der Waals surface area contributed by atoms with Crippen molar-refractivity contribution in [3.8, 4) is 0 Å². The van der Waals surface area contributed by atoms with E-state index in [9.17, 15) is 14.4 Å². The molecule has 5 heteroatoms. The van der Waals surface area contributed by atoms with Gasteiger partial charge in [-0.2, -0.15) is 0 Å². The Balaban J connectivity index is 1.21. The summed E-state index contributed by atoms with van der Waals surface area (Å²) in [5, 5.41) is 3.07. The number of aryl methyl sites for hydroxylation is 2. The highest BCUT2D eigenvalue weighted by Crippen LogP contribution is 2.56. The molecule has 3 amide bonds. The van der Waals surface area contributed by atoms with Gasteiger partial charge in [0.2, 0.25) is 17.7 Å². The zero-order valence-corrected chi connectivity index (χ0v) is 17.3. The van der Waals surface area contributed by atoms with Crippen LogP contribution in [-0.2, 0) is 14.4 Å². The molecule has 1 aliphatic heterocycles. The number of carbonyl (C=O) groups is 3. The highest BCUT2D eigenvalue weighted by molar-refractivity contribution is 6.06. The lowest BCUT2D eigenvalue weighted by Gasteiger charge is -2.33. The lowest BCUT2D eigenvalue weighted by molar-refractivity contribution is -0.144. The number of nitrogens with zero attached hydrogens (tertiary/aromatic N) is 1. The van der Waals surface area contributed by atoms with Crippen LogP contribution >= 0.6 is 0 Å². The Bertz CT molecular complexity index is 843. The smallest absolute Gasteiger partial charge is 0.233 e. The molecule has 154 valence electrons. The summed E-state index contributed by atoms with van der Waals surface area (Å²) in [7, 11) is 0. The first kappa shape index (κ1) is 18.8. The Morgan fingerprint density at radius 2 is 1.55 bits per heavy atom. The van der Waals surface area contributed by atoms with Crippen molar-refractivity contribution in [3.05, 3.63) is 29.3 Å². The van der Waals surface area contributed by atoms with Gasteiger partial charge in [-0.05, 0) is 82.3 Å². The van der Waals surface area contributed by atoms with Crippen LogP contribution in [0.15, 0.2) is 18.2 Å². The van der Waals surface area contributed by atoms with E-state index in [4.69, 9.17) is 0 Å². The van der Waals surface area contributed by atoms with E-state index >= 15 is 0 Å². The Morgan fingerprint density at radius 3 is 2.14 bits per heavy atom. The number of amides is 3. The number of likely N-dealkylation sites (tertiary alicyclic amines) is 1. The lowest BCUT2D eigenvalue weighted by atomic mass is 9.81. The molecule has 4 aliphatic rings. The first-order chi connectivity index (χ1) is 13.9. The van der Waals surface area contributed by atoms with E-state index in [0.29, 0.717) is 11.8 Å². The topological polar surface area (TPSA) is 66.5 Å². The van der Waals surface area contributed by atoms with Gasteiger partial charge in [0, 0.05) is 17.6 Å². The lowest BCUT2D eigenvalue weighted by Crippen LogP contribution is -2.44. The van der Waals surface area contributed by atoms with E-state index in [0.717, 1.165) is 56.2 Å². The summed E-state index contributed by atoms with van der Waals surface area (Å²) in [6, 6.07) is 6.03. The van der Waals surface area contributed by atoms with Crippen molar-refractivity contribution in [3.63, 3.8) is 0 Å². The molecule has 3 aliphatic carbocycles. The average molecular weight is 395 g/mol. The molecule has 29 heavy (non-hydrogen) atoms. The van der Waals surface area contributed by atoms with Gasteiger partial charge in [0.15, 0.2) is 0 Å². The molecule has 1 saturated heterocycles. The van der Waals surface area contributed by atoms with Gasteiger partial charge in [0.1, 0.15) is 0 Å². The van der Waals surface area contributed by atoms with Crippen molar-refractivity contribution < 1.29 is 14.4 Å². The maximum Gasteiger partial charge on any atom is 0.233 e. The van der Waals surface area contributed by atoms with Gasteiger partial charge in [0.25, 0.3) is 0 Å². The number of fused-ring (bicyclic) bond motifs is 5. The van der Waals surface area contributed by atoms with E-state index in [1.54, 1.807) is 4.90 Å². The van der Waals surface area contributed by atoms with Crippen LogP contribution in [0.4, 0.5) is 5.69 Å². The Labute approximate surface area is 172 Å². The SMILES string of the molecule is Cc1ccc(NC(=O)C2CCC(N3C(=O)[C@@H]4[C@H]5CC[C@H](C5)[C@@H]4C3=O)CC2)c(C)c1. The fraction of sp³-hybridized carbons (Fsp3) is 0.625. The molecule has 0 radical (unpaired) electrons. The van der Waals surface area contributed by atoms with Crippen LogP contribution in [0.5, 0.6) is 0 Å². The fourth-order valence-corrected chi connectivity index (χ4v) is 6.58. The van der Waals surface area contributed by atoms with Crippen molar-refractivity contribution in [2.75, 3.05) is 5.32 Å². The van der Waals surface area contributed by atoms with Crippen LogP contribution in [-0.4, -0.2) is 28.7 Å². The minimum Gasteiger partial charge on any atom is -0.326 e. The largest absolute Gasteiger partial charge is 0.326 e. The highest BCUT2D eigenvalue weighted by Gasteiger charge is 2.61. The molecular weight excluding hydrogens is 364 g/mol. The van der Waals surface area contributed by atoms with Crippen LogP contribution < -0.4 is 5.32 Å². The van der Waals surface area contributed by atoms with Crippen molar-refractivity contribution in [1.82, 2.24) is 4.90 Å². The van der Waals surface area contributed by atoms with Crippen LogP contribution in [0, 0.1) is 43.4 Å². The fourth-order valence-electron chi connectivity index (χ4n) is 6.58. The van der Waals surface area contributed by atoms with Crippen molar-refractivity contribution in [2.45, 2.75) is 64.8 Å². The van der Waals surface area contributed by atoms with E-state index in [1.165, 1.54) is 5.56 Å². The normalized spacial score (nSPS) is 35.9. The van der Waals surface area contributed by atoms with E-state index in [1.807, 2.05) is 26.0 Å². The maximum absolute atomic E-state index is 13.0. The quantitative estimate of drug-likeness (QED) is 0.793. The highest BCUT2D eigenvalue weighted by atomic mass is 16.2. The number of benzene rings is 1. The second kappa shape index (κ2) is 6.96. The molecule has 4 atom stereocenters. The first-order valence-electron chi connectivity index (χ1n) is 11.2. The van der Waals surface area contributed by atoms with Gasteiger partial charge < -0.3 is 5.32 Å². The van der Waals surface area contributed by atoms with Gasteiger partial charge in [-0.15, -0.1) is 0 Å². The molecule has 3 saturated carbocycles. The number of carbonyl (C=O) groups excluding carboxylic acids is 3. The minimum atomic E-state index is -0.0459. The minimum absolute atomic E-state index is 0.00911. The molecule has 0 spiro atoms. The molecule has 5 nitrogen and oxygen atoms in total. The standard InChI is InChI=1S/C24H30N2O3/c1-13-3-10-19(14(2)11-13)25-22(27)15-6-8-18(9-7-15)26-23(28)20-16-4-5-17(12-16)21(20)24(26)29/h3,10-11,15-18,20-21H,4-9,12H2,1-2H3,(H,25,27)/t15?,16-,17+,18?,20+,21-. The summed E-state index contributed by atoms with van der Waals surface area (Å²) in [6.45, 7) is 4.05. The summed E-state index contributed by atoms with van der Waals surface area (Å²) in [4.78, 5) is 40.4. The maximum atomic E-state index is 13.0. The average Bonchev–Trinajstić information content (AvgIpc) is 3.38. The number of nitrogens with one attached hydrogen (secondary N) is 1. The van der Waals surface area contributed by atoms with E-state index in [2.05, 4.69) is 11.4 Å². The molecule has 1 aromatic carbocycles. The molecule has 1 heterocycles. The van der Waals surface area contributed by atoms with Gasteiger partial charge in [-0.25, -0.2) is 0 Å².